The van der Waals surface area contributed by atoms with Gasteiger partial charge < -0.3 is 5.73 Å². The third kappa shape index (κ3) is 2.04. The molecule has 9 atom stereocenters. The van der Waals surface area contributed by atoms with Gasteiger partial charge in [0.2, 0.25) is 0 Å². The van der Waals surface area contributed by atoms with E-state index in [9.17, 15) is 4.79 Å². The fraction of sp³-hybridized carbons (Fsp3) is 0.870. The average Bonchev–Trinajstić information content (AvgIpc) is 3.30. The van der Waals surface area contributed by atoms with Crippen LogP contribution in [-0.4, -0.2) is 12.3 Å². The summed E-state index contributed by atoms with van der Waals surface area (Å²) in [6, 6.07) is 0. The van der Waals surface area contributed by atoms with Crippen LogP contribution < -0.4 is 5.73 Å². The van der Waals surface area contributed by atoms with Crippen molar-refractivity contribution in [3.8, 4) is 0 Å². The van der Waals surface area contributed by atoms with Gasteiger partial charge in [0.25, 0.3) is 0 Å². The van der Waals surface area contributed by atoms with E-state index in [0.717, 1.165) is 54.9 Å². The molecule has 2 nitrogen and oxygen atoms in total. The van der Waals surface area contributed by atoms with Crippen LogP contribution >= 0.6 is 0 Å². The van der Waals surface area contributed by atoms with Gasteiger partial charge in [-0.25, -0.2) is 0 Å². The third-order valence-corrected chi connectivity index (χ3v) is 9.88. The van der Waals surface area contributed by atoms with Crippen LogP contribution in [0.2, 0.25) is 0 Å². The molecule has 0 aromatic carbocycles. The van der Waals surface area contributed by atoms with Crippen molar-refractivity contribution in [2.24, 2.45) is 58.0 Å². The van der Waals surface area contributed by atoms with Crippen LogP contribution in [-0.2, 0) is 4.79 Å². The van der Waals surface area contributed by atoms with Crippen molar-refractivity contribution in [1.82, 2.24) is 0 Å². The number of ketones is 1. The number of rotatable bonds is 2. The smallest absolute Gasteiger partial charge is 0.155 e. The van der Waals surface area contributed by atoms with Crippen LogP contribution in [0.25, 0.3) is 0 Å². The largest absolute Gasteiger partial charge is 0.330 e. The molecule has 5 aliphatic rings. The van der Waals surface area contributed by atoms with Gasteiger partial charge >= 0.3 is 0 Å². The minimum absolute atomic E-state index is 0.329. The van der Waals surface area contributed by atoms with Crippen molar-refractivity contribution in [1.29, 1.82) is 0 Å². The number of nitrogens with two attached hydrogens (primary N) is 1. The number of hydrogen-bond acceptors (Lipinski definition) is 2. The molecule has 0 aromatic heterocycles. The van der Waals surface area contributed by atoms with Gasteiger partial charge in [0.05, 0.1) is 0 Å². The van der Waals surface area contributed by atoms with Crippen molar-refractivity contribution < 1.29 is 4.79 Å². The average molecular weight is 342 g/mol. The van der Waals surface area contributed by atoms with E-state index >= 15 is 0 Å². The molecule has 5 aliphatic carbocycles. The minimum Gasteiger partial charge on any atom is -0.330 e. The van der Waals surface area contributed by atoms with Gasteiger partial charge in [-0.2, -0.15) is 0 Å². The van der Waals surface area contributed by atoms with Crippen LogP contribution in [0.3, 0.4) is 0 Å². The summed E-state index contributed by atoms with van der Waals surface area (Å²) >= 11 is 0. The standard InChI is InChI=1S/C23H35NO/c1-13(12-24)17-4-5-18-21-16-11-15(16)20-10-14(25)6-8-23(20,3)19(21)7-9-22(17,18)2/h10,13,15-19,21H,4-9,11-12,24H2,1-3H3/t13-,15+,16-,17?,18?,19?,21?,22-,23-/m1/s1. The molecule has 4 unspecified atom stereocenters. The number of fused-ring (bicyclic) bond motifs is 8. The van der Waals surface area contributed by atoms with E-state index in [1.807, 2.05) is 0 Å². The van der Waals surface area contributed by atoms with Crippen molar-refractivity contribution in [2.45, 2.75) is 65.7 Å². The van der Waals surface area contributed by atoms with Gasteiger partial charge in [-0.3, -0.25) is 4.79 Å². The molecular formula is C23H35NO. The summed E-state index contributed by atoms with van der Waals surface area (Å²) in [5.74, 6) is 6.22. The highest BCUT2D eigenvalue weighted by atomic mass is 16.1. The highest BCUT2D eigenvalue weighted by Gasteiger charge is 2.67. The van der Waals surface area contributed by atoms with Crippen molar-refractivity contribution >= 4 is 5.78 Å². The molecule has 0 spiro atoms. The zero-order valence-corrected chi connectivity index (χ0v) is 16.3. The fourth-order valence-electron chi connectivity index (χ4n) is 8.54. The Morgan fingerprint density at radius 2 is 2.00 bits per heavy atom. The Morgan fingerprint density at radius 3 is 2.76 bits per heavy atom. The molecule has 25 heavy (non-hydrogen) atoms. The van der Waals surface area contributed by atoms with E-state index < -0.39 is 0 Å². The van der Waals surface area contributed by atoms with E-state index in [1.165, 1.54) is 32.1 Å². The van der Waals surface area contributed by atoms with Crippen LogP contribution in [0.5, 0.6) is 0 Å². The van der Waals surface area contributed by atoms with E-state index in [2.05, 4.69) is 26.8 Å². The lowest BCUT2D eigenvalue weighted by atomic mass is 9.46. The first-order valence-electron chi connectivity index (χ1n) is 10.8. The second-order valence-corrected chi connectivity index (χ2v) is 10.7. The molecule has 2 N–H and O–H groups in total. The van der Waals surface area contributed by atoms with Gasteiger partial charge in [-0.05, 0) is 103 Å². The second kappa shape index (κ2) is 5.21. The molecule has 0 bridgehead atoms. The molecule has 0 aliphatic heterocycles. The first kappa shape index (κ1) is 16.5. The normalized spacial score (nSPS) is 54.7. The monoisotopic (exact) mass is 341 g/mol. The SMILES string of the molecule is C[C@H](CN)C1CCC2C3C(CC[C@@]21C)[C@@]1(C)CCC(=O)C=C1[C@H]1C[C@@H]31. The summed E-state index contributed by atoms with van der Waals surface area (Å²) in [6.45, 7) is 8.38. The molecule has 4 fully saturated rings. The first-order chi connectivity index (χ1) is 11.9. The van der Waals surface area contributed by atoms with Gasteiger partial charge in [0.1, 0.15) is 0 Å². The summed E-state index contributed by atoms with van der Waals surface area (Å²) in [4.78, 5) is 12.1. The number of hydrogen-bond donors (Lipinski definition) is 1. The predicted octanol–water partition coefficient (Wildman–Crippen LogP) is 4.59. The highest BCUT2D eigenvalue weighted by Crippen LogP contribution is 2.74. The predicted molar refractivity (Wildman–Crippen MR) is 101 cm³/mol. The zero-order chi connectivity index (χ0) is 17.6. The van der Waals surface area contributed by atoms with Crippen molar-refractivity contribution in [2.75, 3.05) is 6.54 Å². The van der Waals surface area contributed by atoms with Gasteiger partial charge in [0, 0.05) is 6.42 Å². The lowest BCUT2D eigenvalue weighted by Crippen LogP contribution is -2.52. The van der Waals surface area contributed by atoms with E-state index in [4.69, 9.17) is 5.73 Å². The Kier molecular flexibility index (Phi) is 3.45. The van der Waals surface area contributed by atoms with E-state index in [1.54, 1.807) is 5.57 Å². The maximum atomic E-state index is 12.1. The van der Waals surface area contributed by atoms with Gasteiger partial charge in [-0.1, -0.05) is 26.3 Å². The summed E-state index contributed by atoms with van der Waals surface area (Å²) in [5.41, 5.74) is 8.51. The van der Waals surface area contributed by atoms with Crippen molar-refractivity contribution in [3.63, 3.8) is 0 Å². The molecule has 0 saturated heterocycles. The molecule has 0 heterocycles. The Labute approximate surface area is 153 Å². The lowest BCUT2D eigenvalue weighted by molar-refractivity contribution is -0.117. The van der Waals surface area contributed by atoms with Crippen molar-refractivity contribution in [3.05, 3.63) is 11.6 Å². The maximum Gasteiger partial charge on any atom is 0.155 e. The summed E-state index contributed by atoms with van der Waals surface area (Å²) in [5, 5.41) is 0. The molecule has 4 saturated carbocycles. The van der Waals surface area contributed by atoms with Crippen LogP contribution in [0, 0.1) is 52.3 Å². The minimum atomic E-state index is 0.329. The number of allylic oxidation sites excluding steroid dienone is 1. The summed E-state index contributed by atoms with van der Waals surface area (Å²) in [7, 11) is 0. The highest BCUT2D eigenvalue weighted by molar-refractivity contribution is 5.92. The Bertz CT molecular complexity index is 638. The van der Waals surface area contributed by atoms with Gasteiger partial charge in [0.15, 0.2) is 5.78 Å². The van der Waals surface area contributed by atoms with Crippen LogP contribution in [0.15, 0.2) is 11.6 Å². The summed E-state index contributed by atoms with van der Waals surface area (Å²) in [6.07, 6.45) is 11.0. The van der Waals surface area contributed by atoms with E-state index in [0.29, 0.717) is 22.5 Å². The molecule has 0 aromatic rings. The number of carbonyl (C=O) groups excluding carboxylic acids is 1. The Balaban J connectivity index is 1.51. The fourth-order valence-corrected chi connectivity index (χ4v) is 8.54. The van der Waals surface area contributed by atoms with E-state index in [-0.39, 0.29) is 0 Å². The molecule has 2 heteroatoms. The third-order valence-electron chi connectivity index (χ3n) is 9.88. The number of carbonyl (C=O) groups is 1. The zero-order valence-electron chi connectivity index (χ0n) is 16.3. The molecule has 0 radical (unpaired) electrons. The topological polar surface area (TPSA) is 43.1 Å². The molecular weight excluding hydrogens is 306 g/mol. The first-order valence-corrected chi connectivity index (χ1v) is 10.8. The Morgan fingerprint density at radius 1 is 1.20 bits per heavy atom. The molecule has 138 valence electrons. The quantitative estimate of drug-likeness (QED) is 0.798. The maximum absolute atomic E-state index is 12.1. The lowest BCUT2D eigenvalue weighted by Gasteiger charge is -2.58. The second-order valence-electron chi connectivity index (χ2n) is 10.7. The molecule has 5 rings (SSSR count). The Hall–Kier alpha value is -0.630. The van der Waals surface area contributed by atoms with Gasteiger partial charge in [-0.15, -0.1) is 0 Å². The van der Waals surface area contributed by atoms with Crippen LogP contribution in [0.4, 0.5) is 0 Å². The molecule has 0 amide bonds. The summed E-state index contributed by atoms with van der Waals surface area (Å²) < 4.78 is 0. The van der Waals surface area contributed by atoms with Crippen LogP contribution in [0.1, 0.15) is 65.7 Å².